The van der Waals surface area contributed by atoms with Crippen molar-refractivity contribution in [3.8, 4) is 62.1 Å². The van der Waals surface area contributed by atoms with Crippen molar-refractivity contribution in [1.82, 2.24) is 14.1 Å². The maximum absolute atomic E-state index is 9.37. The minimum Gasteiger partial charge on any atom is -0.458 e. The molecule has 0 saturated heterocycles. The normalized spacial score (nSPS) is 13.5. The van der Waals surface area contributed by atoms with E-state index in [9.17, 15) is 5.48 Å². The van der Waals surface area contributed by atoms with Crippen LogP contribution in [0.1, 0.15) is 40.0 Å². The Hall–Kier alpha value is -10.1. The Morgan fingerprint density at radius 1 is 0.463 bits per heavy atom. The zero-order valence-corrected chi connectivity index (χ0v) is 46.2. The molecule has 0 fully saturated rings. The Kier molecular flexibility index (Phi) is 10.2. The summed E-state index contributed by atoms with van der Waals surface area (Å²) in [5, 5.41) is 6.96. The number of pyridine rings is 1. The maximum atomic E-state index is 9.37. The lowest BCUT2D eigenvalue weighted by atomic mass is 9.88. The predicted octanol–water partition coefficient (Wildman–Crippen LogP) is 15.7. The molecule has 0 atom stereocenters. The monoisotopic (exact) mass is 1080 g/mol. The number of hydrogen-bond acceptors (Lipinski definition) is 2. The number of hydrogen-bond donors (Lipinski definition) is 0. The standard InChI is InChI=1S/C76H58N4OSi/c1-76(2,3)58-47-48-77-74(50-58)80-70-38-20-19-35-68(70)69-45-42-61(52-72(69)80)81-60-28-21-27-59(51-60)78-53-79(75-66(55-23-9-4-10-24-55)36-22-37-67(75)56-25-11-5-12-26-56)73-49-57(41-46-71(73)78)54-39-43-65(44-40-54)82(62-29-13-6-14-30-62,63-31-15-7-16-32-63)64-33-17-8-18-34-64/h4-52H,1-3H3/i4D,5D,9D,10D,11D,12D,23D,24D,25D,26D. The largest absolute Gasteiger partial charge is 0.458 e. The molecule has 3 aromatic heterocycles. The molecule has 14 aromatic rings. The van der Waals surface area contributed by atoms with Gasteiger partial charge in [0.15, 0.2) is 8.07 Å². The smallest absolute Gasteiger partial charge is 0.269 e. The summed E-state index contributed by atoms with van der Waals surface area (Å²) in [6.45, 7) is 6.55. The second-order valence-electron chi connectivity index (χ2n) is 21.4. The highest BCUT2D eigenvalue weighted by atomic mass is 28.3. The summed E-state index contributed by atoms with van der Waals surface area (Å²) in [4.78, 5) is 4.88. The highest BCUT2D eigenvalue weighted by molar-refractivity contribution is 7.19. The summed E-state index contributed by atoms with van der Waals surface area (Å²) in [7, 11) is -2.91. The lowest BCUT2D eigenvalue weighted by molar-refractivity contribution is -0.571. The molecular formula is C76H58N4OSi. The second kappa shape index (κ2) is 20.8. The summed E-state index contributed by atoms with van der Waals surface area (Å²) >= 11 is 0. The molecule has 5 nitrogen and oxygen atoms in total. The highest BCUT2D eigenvalue weighted by Crippen LogP contribution is 2.38. The van der Waals surface area contributed by atoms with E-state index in [1.807, 2.05) is 95.7 Å². The van der Waals surface area contributed by atoms with Crippen LogP contribution in [0.15, 0.2) is 297 Å². The van der Waals surface area contributed by atoms with Crippen LogP contribution in [0.3, 0.4) is 0 Å². The average Bonchev–Trinajstić information content (AvgIpc) is 1.17. The molecule has 0 saturated carbocycles. The Bertz CT molecular complexity index is 5000. The molecule has 0 unspecified atom stereocenters. The molecule has 11 aromatic carbocycles. The van der Waals surface area contributed by atoms with Crippen LogP contribution in [0.25, 0.3) is 83.4 Å². The minimum absolute atomic E-state index is 0.114. The van der Waals surface area contributed by atoms with Crippen molar-refractivity contribution in [1.29, 1.82) is 0 Å². The van der Waals surface area contributed by atoms with Crippen molar-refractivity contribution in [3.63, 3.8) is 0 Å². The van der Waals surface area contributed by atoms with E-state index in [4.69, 9.17) is 17.9 Å². The third kappa shape index (κ3) is 8.90. The Balaban J connectivity index is 0.981. The van der Waals surface area contributed by atoms with Gasteiger partial charge in [0.25, 0.3) is 6.33 Å². The summed E-state index contributed by atoms with van der Waals surface area (Å²) in [5.74, 6) is 1.85. The zero-order chi connectivity index (χ0) is 63.9. The van der Waals surface area contributed by atoms with Gasteiger partial charge >= 0.3 is 0 Å². The van der Waals surface area contributed by atoms with E-state index in [2.05, 4.69) is 159 Å². The molecule has 0 N–H and O–H groups in total. The molecule has 82 heavy (non-hydrogen) atoms. The van der Waals surface area contributed by atoms with Crippen molar-refractivity contribution in [2.45, 2.75) is 26.2 Å². The van der Waals surface area contributed by atoms with Gasteiger partial charge in [-0.2, -0.15) is 0 Å². The van der Waals surface area contributed by atoms with E-state index in [0.717, 1.165) is 44.3 Å². The number of para-hydroxylation sites is 2. The number of imidazole rings is 1. The fourth-order valence-electron chi connectivity index (χ4n) is 11.7. The molecule has 6 heteroatoms. The Morgan fingerprint density at radius 3 is 1.66 bits per heavy atom. The summed E-state index contributed by atoms with van der Waals surface area (Å²) < 4.78 is 103. The van der Waals surface area contributed by atoms with Crippen LogP contribution in [-0.4, -0.2) is 22.2 Å². The van der Waals surface area contributed by atoms with Gasteiger partial charge in [-0.3, -0.25) is 13.7 Å². The van der Waals surface area contributed by atoms with Crippen molar-refractivity contribution in [3.05, 3.63) is 309 Å². The first-order valence-corrected chi connectivity index (χ1v) is 29.3. The van der Waals surface area contributed by atoms with Gasteiger partial charge < -0.3 is 4.74 Å². The molecule has 0 aliphatic carbocycles. The first-order valence-electron chi connectivity index (χ1n) is 32.3. The van der Waals surface area contributed by atoms with Crippen molar-refractivity contribution < 1.29 is 23.0 Å². The van der Waals surface area contributed by atoms with Gasteiger partial charge in [0, 0.05) is 23.0 Å². The van der Waals surface area contributed by atoms with Gasteiger partial charge in [0.1, 0.15) is 17.3 Å². The molecular weight excluding hydrogens is 1010 g/mol. The van der Waals surface area contributed by atoms with Gasteiger partial charge in [0.05, 0.1) is 47.1 Å². The van der Waals surface area contributed by atoms with E-state index in [-0.39, 0.29) is 33.4 Å². The van der Waals surface area contributed by atoms with E-state index < -0.39 is 68.5 Å². The van der Waals surface area contributed by atoms with Crippen LogP contribution in [-0.2, 0) is 5.41 Å². The number of aromatic nitrogens is 4. The fraction of sp³-hybridized carbons (Fsp3) is 0.0526. The SMILES string of the molecule is [2H]c1c([2H])c([2H])c(-c2cccc(-c3c([2H])c([2H])c([2H])c([2H])c3[2H])c2-[n+]2[c-]n(-c3cccc(Oc4ccc5c6ccccc6n(-c6cc(C(C)(C)C)ccn6)c5c4)c3)c3ccc(-c4ccc([Si](c5ccccc5)(c5ccccc5)c5ccccc5)cc4)cc32)c([2H])c1[2H]. The number of ether oxygens (including phenoxy) is 1. The summed E-state index contributed by atoms with van der Waals surface area (Å²) in [6.07, 6.45) is 5.46. The van der Waals surface area contributed by atoms with E-state index in [1.165, 1.54) is 20.7 Å². The molecule has 0 spiro atoms. The van der Waals surface area contributed by atoms with Gasteiger partial charge in [0.2, 0.25) is 0 Å². The molecule has 0 aliphatic rings. The molecule has 3 heterocycles. The summed E-state index contributed by atoms with van der Waals surface area (Å²) in [5.41, 5.74) is 6.49. The van der Waals surface area contributed by atoms with Crippen molar-refractivity contribution in [2.24, 2.45) is 0 Å². The third-order valence-electron chi connectivity index (χ3n) is 15.5. The van der Waals surface area contributed by atoms with E-state index in [0.29, 0.717) is 28.2 Å². The first kappa shape index (κ1) is 40.1. The van der Waals surface area contributed by atoms with Gasteiger partial charge in [-0.25, -0.2) is 4.98 Å². The highest BCUT2D eigenvalue weighted by Gasteiger charge is 2.41. The molecule has 392 valence electrons. The molecule has 14 rings (SSSR count). The summed E-state index contributed by atoms with van der Waals surface area (Å²) in [6, 6.07) is 72.3. The van der Waals surface area contributed by atoms with Gasteiger partial charge in [-0.05, 0) is 120 Å². The quantitative estimate of drug-likeness (QED) is 0.0529. The van der Waals surface area contributed by atoms with Crippen LogP contribution in [0.4, 0.5) is 0 Å². The van der Waals surface area contributed by atoms with Crippen LogP contribution in [0.2, 0.25) is 0 Å². The lowest BCUT2D eigenvalue weighted by Gasteiger charge is -2.34. The number of nitrogens with zero attached hydrogens (tertiary/aromatic N) is 4. The predicted molar refractivity (Wildman–Crippen MR) is 341 cm³/mol. The van der Waals surface area contributed by atoms with E-state index >= 15 is 0 Å². The number of rotatable bonds is 12. The van der Waals surface area contributed by atoms with Crippen LogP contribution < -0.4 is 30.1 Å². The zero-order valence-electron chi connectivity index (χ0n) is 55.2. The third-order valence-corrected chi connectivity index (χ3v) is 20.3. The lowest BCUT2D eigenvalue weighted by Crippen LogP contribution is -2.74. The maximum Gasteiger partial charge on any atom is 0.269 e. The van der Waals surface area contributed by atoms with Crippen molar-refractivity contribution in [2.75, 3.05) is 0 Å². The molecule has 0 aliphatic heterocycles. The van der Waals surface area contributed by atoms with Gasteiger partial charge in [-0.1, -0.05) is 251 Å². The van der Waals surface area contributed by atoms with Crippen LogP contribution >= 0.6 is 0 Å². The van der Waals surface area contributed by atoms with E-state index in [1.54, 1.807) is 22.8 Å². The van der Waals surface area contributed by atoms with Gasteiger partial charge in [-0.15, -0.1) is 0 Å². The first-order chi connectivity index (χ1) is 44.4. The molecule has 0 bridgehead atoms. The topological polar surface area (TPSA) is 35.9 Å². The molecule has 0 radical (unpaired) electrons. The Labute approximate surface area is 494 Å². The van der Waals surface area contributed by atoms with Crippen LogP contribution in [0.5, 0.6) is 11.5 Å². The Morgan fingerprint density at radius 2 is 1.02 bits per heavy atom. The fourth-order valence-corrected chi connectivity index (χ4v) is 16.4. The number of benzene rings is 11. The number of fused-ring (bicyclic) bond motifs is 4. The van der Waals surface area contributed by atoms with Crippen molar-refractivity contribution >= 4 is 61.7 Å². The second-order valence-corrected chi connectivity index (χ2v) is 25.2. The average molecular weight is 1080 g/mol. The molecule has 0 amide bonds. The van der Waals surface area contributed by atoms with Crippen LogP contribution in [0, 0.1) is 6.33 Å². The minimum atomic E-state index is -2.91.